The molecule has 1 aliphatic rings. The van der Waals surface area contributed by atoms with Gasteiger partial charge in [0.1, 0.15) is 5.75 Å². The number of benzene rings is 3. The Labute approximate surface area is 211 Å². The third-order valence-corrected chi connectivity index (χ3v) is 8.06. The van der Waals surface area contributed by atoms with Crippen LogP contribution in [0.25, 0.3) is 0 Å². The molecule has 0 radical (unpaired) electrons. The van der Waals surface area contributed by atoms with E-state index in [1.165, 1.54) is 23.5 Å². The molecule has 3 aromatic rings. The first-order valence-electron chi connectivity index (χ1n) is 11.7. The van der Waals surface area contributed by atoms with E-state index >= 15 is 0 Å². The summed E-state index contributed by atoms with van der Waals surface area (Å²) in [7, 11) is -2.23. The maximum atomic E-state index is 13.1. The summed E-state index contributed by atoms with van der Waals surface area (Å²) < 4.78 is 32.7. The second-order valence-corrected chi connectivity index (χ2v) is 10.5. The van der Waals surface area contributed by atoms with E-state index in [0.717, 1.165) is 5.56 Å². The highest BCUT2D eigenvalue weighted by Crippen LogP contribution is 2.26. The third kappa shape index (κ3) is 5.92. The van der Waals surface area contributed by atoms with E-state index in [-0.39, 0.29) is 23.3 Å². The molecule has 1 unspecified atom stereocenters. The Balaban J connectivity index is 1.43. The normalized spacial score (nSPS) is 16.2. The predicted molar refractivity (Wildman–Crippen MR) is 137 cm³/mol. The Hall–Kier alpha value is -3.69. The molecule has 8 nitrogen and oxygen atoms in total. The second-order valence-electron chi connectivity index (χ2n) is 8.58. The highest BCUT2D eigenvalue weighted by Gasteiger charge is 2.33. The number of piperidine rings is 1. The zero-order chi connectivity index (χ0) is 25.5. The van der Waals surface area contributed by atoms with Gasteiger partial charge in [0, 0.05) is 19.6 Å². The molecule has 9 heteroatoms. The van der Waals surface area contributed by atoms with Crippen molar-refractivity contribution < 1.29 is 22.7 Å². The van der Waals surface area contributed by atoms with Gasteiger partial charge in [0.15, 0.2) is 0 Å². The second kappa shape index (κ2) is 11.4. The standard InChI is InChI=1S/C27H29N3O5S/c1-35-22-13-15-23(16-14-22)36(33,34)30-17-7-10-21(19-30)26(31)29-25-12-6-5-11-24(25)27(32)28-18-20-8-3-2-4-9-20/h2-6,8-9,11-16,21H,7,10,17-19H2,1H3,(H,28,32)(H,29,31). The number of hydrogen-bond acceptors (Lipinski definition) is 5. The molecule has 1 fully saturated rings. The number of rotatable bonds is 8. The van der Waals surface area contributed by atoms with Crippen molar-refractivity contribution >= 4 is 27.5 Å². The number of sulfonamides is 1. The van der Waals surface area contributed by atoms with Crippen molar-refractivity contribution in [3.05, 3.63) is 90.0 Å². The molecule has 188 valence electrons. The largest absolute Gasteiger partial charge is 0.497 e. The molecule has 36 heavy (non-hydrogen) atoms. The van der Waals surface area contributed by atoms with E-state index in [4.69, 9.17) is 4.74 Å². The number of methoxy groups -OCH3 is 1. The van der Waals surface area contributed by atoms with Crippen LogP contribution in [0.4, 0.5) is 5.69 Å². The summed E-state index contributed by atoms with van der Waals surface area (Å²) >= 11 is 0. The predicted octanol–water partition coefficient (Wildman–Crippen LogP) is 3.66. The molecule has 1 saturated heterocycles. The summed E-state index contributed by atoms with van der Waals surface area (Å²) in [5, 5.41) is 5.72. The van der Waals surface area contributed by atoms with Gasteiger partial charge in [0.25, 0.3) is 5.91 Å². The van der Waals surface area contributed by atoms with Gasteiger partial charge in [-0.2, -0.15) is 4.31 Å². The average Bonchev–Trinajstić information content (AvgIpc) is 2.92. The van der Waals surface area contributed by atoms with Gasteiger partial charge in [-0.05, 0) is 54.8 Å². The molecule has 2 N–H and O–H groups in total. The van der Waals surface area contributed by atoms with Crippen LogP contribution in [0.3, 0.4) is 0 Å². The monoisotopic (exact) mass is 507 g/mol. The minimum absolute atomic E-state index is 0.0720. The lowest BCUT2D eigenvalue weighted by Crippen LogP contribution is -2.43. The van der Waals surface area contributed by atoms with Crippen molar-refractivity contribution in [2.24, 2.45) is 5.92 Å². The number of nitrogens with one attached hydrogen (secondary N) is 2. The fraction of sp³-hybridized carbons (Fsp3) is 0.259. The maximum absolute atomic E-state index is 13.1. The summed E-state index contributed by atoms with van der Waals surface area (Å²) in [5.41, 5.74) is 1.70. The molecule has 0 spiro atoms. The molecule has 4 rings (SSSR count). The smallest absolute Gasteiger partial charge is 0.253 e. The van der Waals surface area contributed by atoms with E-state index in [0.29, 0.717) is 42.9 Å². The molecule has 0 aliphatic carbocycles. The fourth-order valence-corrected chi connectivity index (χ4v) is 5.69. The molecular formula is C27H29N3O5S. The van der Waals surface area contributed by atoms with Gasteiger partial charge in [0.2, 0.25) is 15.9 Å². The molecule has 0 bridgehead atoms. The van der Waals surface area contributed by atoms with E-state index in [2.05, 4.69) is 10.6 Å². The topological polar surface area (TPSA) is 105 Å². The molecule has 0 saturated carbocycles. The van der Waals surface area contributed by atoms with Crippen molar-refractivity contribution in [1.82, 2.24) is 9.62 Å². The van der Waals surface area contributed by atoms with Crippen molar-refractivity contribution in [2.45, 2.75) is 24.3 Å². The van der Waals surface area contributed by atoms with Crippen LogP contribution in [0.15, 0.2) is 83.8 Å². The molecule has 3 aromatic carbocycles. The average molecular weight is 508 g/mol. The number of amides is 2. The number of carbonyl (C=O) groups is 2. The molecule has 0 aromatic heterocycles. The van der Waals surface area contributed by atoms with Crippen LogP contribution in [0.2, 0.25) is 0 Å². The first kappa shape index (κ1) is 25.4. The summed E-state index contributed by atoms with van der Waals surface area (Å²) in [6.07, 6.45) is 1.12. The SMILES string of the molecule is COc1ccc(S(=O)(=O)N2CCCC(C(=O)Nc3ccccc3C(=O)NCc3ccccc3)C2)cc1. The van der Waals surface area contributed by atoms with Crippen LogP contribution < -0.4 is 15.4 Å². The van der Waals surface area contributed by atoms with E-state index in [1.54, 1.807) is 36.4 Å². The number of ether oxygens (including phenoxy) is 1. The molecule has 1 atom stereocenters. The zero-order valence-electron chi connectivity index (χ0n) is 20.0. The van der Waals surface area contributed by atoms with Gasteiger partial charge < -0.3 is 15.4 Å². The maximum Gasteiger partial charge on any atom is 0.253 e. The third-order valence-electron chi connectivity index (χ3n) is 6.18. The van der Waals surface area contributed by atoms with Crippen LogP contribution in [0, 0.1) is 5.92 Å². The Morgan fingerprint density at radius 2 is 1.67 bits per heavy atom. The van der Waals surface area contributed by atoms with Gasteiger partial charge >= 0.3 is 0 Å². The van der Waals surface area contributed by atoms with Gasteiger partial charge in [-0.25, -0.2) is 8.42 Å². The lowest BCUT2D eigenvalue weighted by atomic mass is 9.98. The Morgan fingerprint density at radius 1 is 0.972 bits per heavy atom. The summed E-state index contributed by atoms with van der Waals surface area (Å²) in [6, 6.07) is 22.5. The minimum Gasteiger partial charge on any atom is -0.497 e. The van der Waals surface area contributed by atoms with Crippen LogP contribution in [-0.2, 0) is 21.4 Å². The van der Waals surface area contributed by atoms with E-state index < -0.39 is 15.9 Å². The highest BCUT2D eigenvalue weighted by atomic mass is 32.2. The van der Waals surface area contributed by atoms with Crippen LogP contribution in [0.1, 0.15) is 28.8 Å². The van der Waals surface area contributed by atoms with Crippen molar-refractivity contribution in [3.8, 4) is 5.75 Å². The van der Waals surface area contributed by atoms with E-state index in [1.807, 2.05) is 30.3 Å². The number of carbonyl (C=O) groups excluding carboxylic acids is 2. The number of anilines is 1. The Morgan fingerprint density at radius 3 is 2.39 bits per heavy atom. The van der Waals surface area contributed by atoms with E-state index in [9.17, 15) is 18.0 Å². The van der Waals surface area contributed by atoms with Crippen molar-refractivity contribution in [3.63, 3.8) is 0 Å². The summed E-state index contributed by atoms with van der Waals surface area (Å²) in [4.78, 5) is 26.1. The summed E-state index contributed by atoms with van der Waals surface area (Å²) in [5.74, 6) is -0.585. The van der Waals surface area contributed by atoms with Gasteiger partial charge in [-0.15, -0.1) is 0 Å². The first-order chi connectivity index (χ1) is 17.4. The van der Waals surface area contributed by atoms with Crippen molar-refractivity contribution in [2.75, 3.05) is 25.5 Å². The minimum atomic E-state index is -3.75. The van der Waals surface area contributed by atoms with Crippen LogP contribution in [-0.4, -0.2) is 44.7 Å². The zero-order valence-corrected chi connectivity index (χ0v) is 20.8. The number of nitrogens with zero attached hydrogens (tertiary/aromatic N) is 1. The quantitative estimate of drug-likeness (QED) is 0.484. The Bertz CT molecular complexity index is 1310. The molecule has 1 heterocycles. The number of hydrogen-bond donors (Lipinski definition) is 2. The first-order valence-corrected chi connectivity index (χ1v) is 13.2. The van der Waals surface area contributed by atoms with Gasteiger partial charge in [-0.1, -0.05) is 42.5 Å². The fourth-order valence-electron chi connectivity index (χ4n) is 4.17. The van der Waals surface area contributed by atoms with Gasteiger partial charge in [0.05, 0.1) is 29.2 Å². The molecule has 1 aliphatic heterocycles. The Kier molecular flexibility index (Phi) is 8.02. The van der Waals surface area contributed by atoms with Gasteiger partial charge in [-0.3, -0.25) is 9.59 Å². The summed E-state index contributed by atoms with van der Waals surface area (Å²) in [6.45, 7) is 0.780. The highest BCUT2D eigenvalue weighted by molar-refractivity contribution is 7.89. The lowest BCUT2D eigenvalue weighted by molar-refractivity contribution is -0.120. The molecular weight excluding hydrogens is 478 g/mol. The lowest BCUT2D eigenvalue weighted by Gasteiger charge is -2.31. The van der Waals surface area contributed by atoms with Crippen LogP contribution >= 0.6 is 0 Å². The van der Waals surface area contributed by atoms with Crippen molar-refractivity contribution in [1.29, 1.82) is 0 Å². The van der Waals surface area contributed by atoms with Crippen LogP contribution in [0.5, 0.6) is 5.75 Å². The number of para-hydroxylation sites is 1. The molecule has 2 amide bonds.